The van der Waals surface area contributed by atoms with Crippen LogP contribution < -0.4 is 5.73 Å². The van der Waals surface area contributed by atoms with E-state index in [9.17, 15) is 9.50 Å². The quantitative estimate of drug-likeness (QED) is 0.778. The van der Waals surface area contributed by atoms with Crippen molar-refractivity contribution in [3.8, 4) is 5.75 Å². The number of aromatic hydroxyl groups is 1. The van der Waals surface area contributed by atoms with Gasteiger partial charge in [0.25, 0.3) is 0 Å². The van der Waals surface area contributed by atoms with Gasteiger partial charge in [0.2, 0.25) is 0 Å². The molecular formula is C9H10Cl2FNO. The lowest BCUT2D eigenvalue weighted by molar-refractivity contribution is 0.463. The first kappa shape index (κ1) is 11.6. The van der Waals surface area contributed by atoms with Crippen LogP contribution in [0.2, 0.25) is 10.0 Å². The monoisotopic (exact) mass is 237 g/mol. The number of benzene rings is 1. The van der Waals surface area contributed by atoms with Gasteiger partial charge in [0.05, 0.1) is 5.02 Å². The van der Waals surface area contributed by atoms with Gasteiger partial charge < -0.3 is 10.8 Å². The van der Waals surface area contributed by atoms with E-state index in [0.717, 1.165) is 6.07 Å². The zero-order valence-corrected chi connectivity index (χ0v) is 9.03. The van der Waals surface area contributed by atoms with E-state index in [-0.39, 0.29) is 21.8 Å². The standard InChI is InChI=1S/C9H10Cl2FNO/c1-4(13)2-5-3-6(12)7(10)8(11)9(5)14/h3-4,14H,2,13H2,1H3. The van der Waals surface area contributed by atoms with Crippen molar-refractivity contribution < 1.29 is 9.50 Å². The Bertz CT molecular complexity index is 355. The fourth-order valence-corrected chi connectivity index (χ4v) is 1.49. The zero-order chi connectivity index (χ0) is 10.9. The third-order valence-corrected chi connectivity index (χ3v) is 2.59. The summed E-state index contributed by atoms with van der Waals surface area (Å²) >= 11 is 11.1. The van der Waals surface area contributed by atoms with Crippen molar-refractivity contribution in [2.75, 3.05) is 0 Å². The predicted octanol–water partition coefficient (Wildman–Crippen LogP) is 2.73. The summed E-state index contributed by atoms with van der Waals surface area (Å²) in [6.07, 6.45) is 0.347. The molecule has 3 N–H and O–H groups in total. The van der Waals surface area contributed by atoms with Crippen LogP contribution in [0.1, 0.15) is 12.5 Å². The summed E-state index contributed by atoms with van der Waals surface area (Å²) in [6, 6.07) is 0.963. The summed E-state index contributed by atoms with van der Waals surface area (Å²) in [6.45, 7) is 1.75. The molecule has 0 fully saturated rings. The molecule has 0 heterocycles. The van der Waals surface area contributed by atoms with Crippen molar-refractivity contribution in [1.29, 1.82) is 0 Å². The molecule has 0 aliphatic rings. The van der Waals surface area contributed by atoms with Crippen molar-refractivity contribution in [3.63, 3.8) is 0 Å². The van der Waals surface area contributed by atoms with Crippen LogP contribution in [0.5, 0.6) is 5.75 Å². The topological polar surface area (TPSA) is 46.2 Å². The molecule has 1 atom stereocenters. The number of phenols is 1. The molecule has 2 nitrogen and oxygen atoms in total. The molecule has 0 aliphatic heterocycles. The number of hydrogen-bond donors (Lipinski definition) is 2. The second-order valence-corrected chi connectivity index (χ2v) is 3.93. The number of rotatable bonds is 2. The Kier molecular flexibility index (Phi) is 3.59. The highest BCUT2D eigenvalue weighted by Gasteiger charge is 2.15. The highest BCUT2D eigenvalue weighted by molar-refractivity contribution is 6.43. The van der Waals surface area contributed by atoms with Gasteiger partial charge in [-0.15, -0.1) is 0 Å². The van der Waals surface area contributed by atoms with E-state index in [1.807, 2.05) is 0 Å². The highest BCUT2D eigenvalue weighted by atomic mass is 35.5. The first-order chi connectivity index (χ1) is 6.43. The van der Waals surface area contributed by atoms with Crippen molar-refractivity contribution in [3.05, 3.63) is 27.5 Å². The van der Waals surface area contributed by atoms with E-state index < -0.39 is 5.82 Å². The summed E-state index contributed by atoms with van der Waals surface area (Å²) in [5, 5.41) is 9.08. The molecule has 1 aromatic carbocycles. The molecule has 0 radical (unpaired) electrons. The lowest BCUT2D eigenvalue weighted by Crippen LogP contribution is -2.18. The van der Waals surface area contributed by atoms with E-state index in [1.54, 1.807) is 6.92 Å². The van der Waals surface area contributed by atoms with Gasteiger partial charge in [0.15, 0.2) is 0 Å². The number of phenolic OH excluding ortho intramolecular Hbond substituents is 1. The van der Waals surface area contributed by atoms with Crippen LogP contribution in [0, 0.1) is 5.82 Å². The van der Waals surface area contributed by atoms with Crippen LogP contribution in [0.15, 0.2) is 6.07 Å². The maximum atomic E-state index is 13.1. The van der Waals surface area contributed by atoms with Crippen LogP contribution in [0.25, 0.3) is 0 Å². The van der Waals surface area contributed by atoms with Crippen molar-refractivity contribution in [1.82, 2.24) is 0 Å². The number of halogens is 3. The van der Waals surface area contributed by atoms with Crippen LogP contribution >= 0.6 is 23.2 Å². The molecule has 0 bridgehead atoms. The van der Waals surface area contributed by atoms with Gasteiger partial charge in [-0.1, -0.05) is 23.2 Å². The maximum absolute atomic E-state index is 13.1. The van der Waals surface area contributed by atoms with Gasteiger partial charge in [-0.25, -0.2) is 4.39 Å². The van der Waals surface area contributed by atoms with Crippen LogP contribution in [0.4, 0.5) is 4.39 Å². The SMILES string of the molecule is CC(N)Cc1cc(F)c(Cl)c(Cl)c1O. The Balaban J connectivity index is 3.19. The van der Waals surface area contributed by atoms with E-state index in [4.69, 9.17) is 28.9 Å². The Labute approximate surface area is 91.4 Å². The molecule has 0 amide bonds. The minimum Gasteiger partial charge on any atom is -0.506 e. The maximum Gasteiger partial charge on any atom is 0.143 e. The molecule has 1 aromatic rings. The molecule has 1 rings (SSSR count). The number of hydrogen-bond acceptors (Lipinski definition) is 2. The fourth-order valence-electron chi connectivity index (χ4n) is 1.14. The lowest BCUT2D eigenvalue weighted by Gasteiger charge is -2.10. The van der Waals surface area contributed by atoms with E-state index in [1.165, 1.54) is 0 Å². The summed E-state index contributed by atoms with van der Waals surface area (Å²) in [4.78, 5) is 0. The first-order valence-corrected chi connectivity index (χ1v) is 4.80. The van der Waals surface area contributed by atoms with E-state index in [2.05, 4.69) is 0 Å². The minimum absolute atomic E-state index is 0.165. The van der Waals surface area contributed by atoms with Crippen molar-refractivity contribution in [2.24, 2.45) is 5.73 Å². The van der Waals surface area contributed by atoms with Gasteiger partial charge in [-0.05, 0) is 25.0 Å². The molecule has 5 heteroatoms. The summed E-state index contributed by atoms with van der Waals surface area (Å²) in [5.41, 5.74) is 5.89. The van der Waals surface area contributed by atoms with E-state index in [0.29, 0.717) is 12.0 Å². The predicted molar refractivity (Wildman–Crippen MR) is 55.4 cm³/mol. The molecule has 0 aromatic heterocycles. The van der Waals surface area contributed by atoms with Gasteiger partial charge in [0.1, 0.15) is 16.6 Å². The average molecular weight is 238 g/mol. The second-order valence-electron chi connectivity index (χ2n) is 3.18. The lowest BCUT2D eigenvalue weighted by atomic mass is 10.1. The zero-order valence-electron chi connectivity index (χ0n) is 7.52. The van der Waals surface area contributed by atoms with E-state index >= 15 is 0 Å². The Hall–Kier alpha value is -0.510. The van der Waals surface area contributed by atoms with Gasteiger partial charge >= 0.3 is 0 Å². The highest BCUT2D eigenvalue weighted by Crippen LogP contribution is 2.36. The molecule has 0 spiro atoms. The second kappa shape index (κ2) is 4.34. The molecule has 0 saturated carbocycles. The van der Waals surface area contributed by atoms with Gasteiger partial charge in [0, 0.05) is 6.04 Å². The minimum atomic E-state index is -0.648. The van der Waals surface area contributed by atoms with Crippen molar-refractivity contribution in [2.45, 2.75) is 19.4 Å². The summed E-state index contributed by atoms with van der Waals surface area (Å²) in [7, 11) is 0. The molecule has 0 saturated heterocycles. The Morgan fingerprint density at radius 2 is 2.07 bits per heavy atom. The largest absolute Gasteiger partial charge is 0.506 e. The molecule has 1 unspecified atom stereocenters. The smallest absolute Gasteiger partial charge is 0.143 e. The van der Waals surface area contributed by atoms with Gasteiger partial charge in [-0.3, -0.25) is 0 Å². The fraction of sp³-hybridized carbons (Fsp3) is 0.333. The third kappa shape index (κ3) is 2.29. The van der Waals surface area contributed by atoms with Crippen molar-refractivity contribution >= 4 is 23.2 Å². The number of nitrogens with two attached hydrogens (primary N) is 1. The van der Waals surface area contributed by atoms with Gasteiger partial charge in [-0.2, -0.15) is 0 Å². The molecular weight excluding hydrogens is 228 g/mol. The third-order valence-electron chi connectivity index (χ3n) is 1.76. The summed E-state index contributed by atoms with van der Waals surface area (Å²) in [5.74, 6) is -0.847. The van der Waals surface area contributed by atoms with Crippen LogP contribution in [-0.2, 0) is 6.42 Å². The summed E-state index contributed by atoms with van der Waals surface area (Å²) < 4.78 is 13.1. The first-order valence-electron chi connectivity index (χ1n) is 4.04. The van der Waals surface area contributed by atoms with Crippen LogP contribution in [-0.4, -0.2) is 11.1 Å². The molecule has 14 heavy (non-hydrogen) atoms. The Morgan fingerprint density at radius 1 is 1.50 bits per heavy atom. The Morgan fingerprint density at radius 3 is 2.57 bits per heavy atom. The normalized spacial score (nSPS) is 12.9. The molecule has 0 aliphatic carbocycles. The van der Waals surface area contributed by atoms with Crippen LogP contribution in [0.3, 0.4) is 0 Å². The molecule has 78 valence electrons. The average Bonchev–Trinajstić information content (AvgIpc) is 2.10.